The van der Waals surface area contributed by atoms with Crippen LogP contribution in [-0.2, 0) is 16.6 Å². The third kappa shape index (κ3) is 3.25. The van der Waals surface area contributed by atoms with Crippen LogP contribution >= 0.6 is 0 Å². The standard InChI is InChI=1S/C19H22N4O2S/c1-16-5-7-18(8-6-16)26(24,25)22-12-10-21(11-13-22)15-17-14-20-19-4-2-3-9-23(17)19/h2-9,14H,10-13,15H2,1H3. The van der Waals surface area contributed by atoms with Gasteiger partial charge in [0.05, 0.1) is 16.8 Å². The number of sulfonamides is 1. The number of aromatic nitrogens is 2. The first-order valence-corrected chi connectivity index (χ1v) is 10.2. The van der Waals surface area contributed by atoms with Crippen LogP contribution in [0.5, 0.6) is 0 Å². The number of fused-ring (bicyclic) bond motifs is 1. The third-order valence-corrected chi connectivity index (χ3v) is 6.78. The Morgan fingerprint density at radius 2 is 1.73 bits per heavy atom. The van der Waals surface area contributed by atoms with Crippen LogP contribution in [0, 0.1) is 6.92 Å². The Morgan fingerprint density at radius 3 is 2.46 bits per heavy atom. The molecule has 1 saturated heterocycles. The summed E-state index contributed by atoms with van der Waals surface area (Å²) in [6, 6.07) is 13.0. The van der Waals surface area contributed by atoms with Crippen molar-refractivity contribution in [1.82, 2.24) is 18.6 Å². The number of hydrogen-bond acceptors (Lipinski definition) is 4. The van der Waals surface area contributed by atoms with Crippen molar-refractivity contribution in [3.8, 4) is 0 Å². The molecule has 3 heterocycles. The van der Waals surface area contributed by atoms with Crippen molar-refractivity contribution < 1.29 is 8.42 Å². The lowest BCUT2D eigenvalue weighted by atomic mass is 10.2. The highest BCUT2D eigenvalue weighted by molar-refractivity contribution is 7.89. The SMILES string of the molecule is Cc1ccc(S(=O)(=O)N2CCN(Cc3cnc4ccccn34)CC2)cc1. The number of benzene rings is 1. The lowest BCUT2D eigenvalue weighted by Crippen LogP contribution is -2.48. The van der Waals surface area contributed by atoms with Crippen molar-refractivity contribution in [2.75, 3.05) is 26.2 Å². The molecule has 2 aromatic heterocycles. The smallest absolute Gasteiger partial charge is 0.243 e. The minimum atomic E-state index is -3.41. The number of aryl methyl sites for hydroxylation is 1. The maximum atomic E-state index is 12.8. The van der Waals surface area contributed by atoms with Crippen molar-refractivity contribution in [2.24, 2.45) is 0 Å². The van der Waals surface area contributed by atoms with E-state index in [1.54, 1.807) is 16.4 Å². The lowest BCUT2D eigenvalue weighted by molar-refractivity contribution is 0.179. The van der Waals surface area contributed by atoms with E-state index in [9.17, 15) is 8.42 Å². The van der Waals surface area contributed by atoms with Gasteiger partial charge in [0.1, 0.15) is 5.65 Å². The second kappa shape index (κ2) is 6.83. The number of imidazole rings is 1. The van der Waals surface area contributed by atoms with Crippen LogP contribution in [0.2, 0.25) is 0 Å². The monoisotopic (exact) mass is 370 g/mol. The molecular formula is C19H22N4O2S. The summed E-state index contributed by atoms with van der Waals surface area (Å²) in [5, 5.41) is 0. The Labute approximate surface area is 153 Å². The molecule has 1 aliphatic heterocycles. The van der Waals surface area contributed by atoms with E-state index in [2.05, 4.69) is 14.3 Å². The van der Waals surface area contributed by atoms with E-state index in [0.29, 0.717) is 31.1 Å². The molecule has 1 fully saturated rings. The molecule has 0 saturated carbocycles. The summed E-state index contributed by atoms with van der Waals surface area (Å²) in [5.41, 5.74) is 3.11. The number of hydrogen-bond donors (Lipinski definition) is 0. The van der Waals surface area contributed by atoms with Gasteiger partial charge >= 0.3 is 0 Å². The van der Waals surface area contributed by atoms with Gasteiger partial charge in [-0.15, -0.1) is 0 Å². The Bertz CT molecular complexity index is 1000. The van der Waals surface area contributed by atoms with E-state index in [1.807, 2.05) is 49.6 Å². The molecule has 0 amide bonds. The second-order valence-electron chi connectivity index (χ2n) is 6.67. The zero-order chi connectivity index (χ0) is 18.1. The highest BCUT2D eigenvalue weighted by Gasteiger charge is 2.28. The van der Waals surface area contributed by atoms with E-state index >= 15 is 0 Å². The molecule has 136 valence electrons. The first kappa shape index (κ1) is 17.2. The van der Waals surface area contributed by atoms with Crippen molar-refractivity contribution in [2.45, 2.75) is 18.4 Å². The number of piperazine rings is 1. The Kier molecular flexibility index (Phi) is 4.52. The summed E-state index contributed by atoms with van der Waals surface area (Å²) >= 11 is 0. The molecule has 0 bridgehead atoms. The van der Waals surface area contributed by atoms with Gasteiger partial charge in [-0.05, 0) is 31.2 Å². The van der Waals surface area contributed by atoms with E-state index in [4.69, 9.17) is 0 Å². The minimum Gasteiger partial charge on any atom is -0.303 e. The Balaban J connectivity index is 1.43. The highest BCUT2D eigenvalue weighted by atomic mass is 32.2. The van der Waals surface area contributed by atoms with Crippen molar-refractivity contribution in [1.29, 1.82) is 0 Å². The van der Waals surface area contributed by atoms with Crippen LogP contribution in [-0.4, -0.2) is 53.2 Å². The van der Waals surface area contributed by atoms with Crippen LogP contribution < -0.4 is 0 Å². The van der Waals surface area contributed by atoms with Crippen molar-refractivity contribution in [3.05, 3.63) is 66.1 Å². The minimum absolute atomic E-state index is 0.373. The average Bonchev–Trinajstić information content (AvgIpc) is 3.06. The first-order valence-electron chi connectivity index (χ1n) is 8.74. The summed E-state index contributed by atoms with van der Waals surface area (Å²) in [5.74, 6) is 0. The second-order valence-corrected chi connectivity index (χ2v) is 8.61. The van der Waals surface area contributed by atoms with Gasteiger partial charge in [-0.1, -0.05) is 23.8 Å². The Hall–Kier alpha value is -2.22. The zero-order valence-electron chi connectivity index (χ0n) is 14.7. The van der Waals surface area contributed by atoms with Gasteiger partial charge in [0, 0.05) is 38.9 Å². The van der Waals surface area contributed by atoms with Gasteiger partial charge in [-0.25, -0.2) is 13.4 Å². The first-order chi connectivity index (χ1) is 12.5. The van der Waals surface area contributed by atoms with Gasteiger partial charge < -0.3 is 4.40 Å². The fourth-order valence-corrected chi connectivity index (χ4v) is 4.74. The molecule has 4 rings (SSSR count). The fourth-order valence-electron chi connectivity index (χ4n) is 3.32. The maximum Gasteiger partial charge on any atom is 0.243 e. The van der Waals surface area contributed by atoms with E-state index in [1.165, 1.54) is 0 Å². The molecule has 0 N–H and O–H groups in total. The summed E-state index contributed by atoms with van der Waals surface area (Å²) in [6.07, 6.45) is 3.90. The molecular weight excluding hydrogens is 348 g/mol. The summed E-state index contributed by atoms with van der Waals surface area (Å²) in [7, 11) is -3.41. The lowest BCUT2D eigenvalue weighted by Gasteiger charge is -2.33. The predicted molar refractivity (Wildman–Crippen MR) is 100 cm³/mol. The molecule has 0 aliphatic carbocycles. The van der Waals surface area contributed by atoms with Gasteiger partial charge in [0.25, 0.3) is 0 Å². The molecule has 1 aromatic carbocycles. The highest BCUT2D eigenvalue weighted by Crippen LogP contribution is 2.19. The fraction of sp³-hybridized carbons (Fsp3) is 0.316. The topological polar surface area (TPSA) is 57.9 Å². The van der Waals surface area contributed by atoms with Crippen LogP contribution in [0.4, 0.5) is 0 Å². The number of nitrogens with zero attached hydrogens (tertiary/aromatic N) is 4. The Morgan fingerprint density at radius 1 is 1.00 bits per heavy atom. The van der Waals surface area contributed by atoms with Crippen molar-refractivity contribution >= 4 is 15.7 Å². The third-order valence-electron chi connectivity index (χ3n) is 4.87. The van der Waals surface area contributed by atoms with Crippen LogP contribution in [0.1, 0.15) is 11.3 Å². The molecule has 0 atom stereocenters. The predicted octanol–water partition coefficient (Wildman–Crippen LogP) is 2.15. The molecule has 7 heteroatoms. The van der Waals surface area contributed by atoms with Crippen LogP contribution in [0.3, 0.4) is 0 Å². The average molecular weight is 370 g/mol. The summed E-state index contributed by atoms with van der Waals surface area (Å²) in [4.78, 5) is 7.06. The van der Waals surface area contributed by atoms with Crippen LogP contribution in [0.15, 0.2) is 59.8 Å². The molecule has 26 heavy (non-hydrogen) atoms. The van der Waals surface area contributed by atoms with Gasteiger partial charge in [0.2, 0.25) is 10.0 Å². The maximum absolute atomic E-state index is 12.8. The summed E-state index contributed by atoms with van der Waals surface area (Å²) in [6.45, 7) is 5.16. The van der Waals surface area contributed by atoms with Gasteiger partial charge in [-0.2, -0.15) is 4.31 Å². The molecule has 6 nitrogen and oxygen atoms in total. The molecule has 1 aliphatic rings. The molecule has 0 unspecified atom stereocenters. The number of pyridine rings is 1. The van der Waals surface area contributed by atoms with Gasteiger partial charge in [0.15, 0.2) is 0 Å². The largest absolute Gasteiger partial charge is 0.303 e. The zero-order valence-corrected chi connectivity index (χ0v) is 15.6. The van der Waals surface area contributed by atoms with E-state index in [0.717, 1.165) is 23.4 Å². The molecule has 3 aromatic rings. The molecule has 0 spiro atoms. The molecule has 0 radical (unpaired) electrons. The summed E-state index contributed by atoms with van der Waals surface area (Å²) < 4.78 is 29.2. The number of rotatable bonds is 4. The van der Waals surface area contributed by atoms with Crippen LogP contribution in [0.25, 0.3) is 5.65 Å². The van der Waals surface area contributed by atoms with Crippen molar-refractivity contribution in [3.63, 3.8) is 0 Å². The van der Waals surface area contributed by atoms with Gasteiger partial charge in [-0.3, -0.25) is 4.90 Å². The van der Waals surface area contributed by atoms with E-state index < -0.39 is 10.0 Å². The van der Waals surface area contributed by atoms with E-state index in [-0.39, 0.29) is 0 Å². The quantitative estimate of drug-likeness (QED) is 0.706. The normalized spacial score (nSPS) is 17.0.